The molecular weight excluding hydrogens is 228 g/mol. The molecule has 0 aliphatic rings. The number of methoxy groups -OCH3 is 2. The van der Waals surface area contributed by atoms with Gasteiger partial charge < -0.3 is 14.8 Å². The fourth-order valence-electron chi connectivity index (χ4n) is 1.69. The Morgan fingerprint density at radius 1 is 1.17 bits per heavy atom. The minimum atomic E-state index is 0.614. The zero-order valence-electron chi connectivity index (χ0n) is 11.0. The molecule has 1 N–H and O–H groups in total. The smallest absolute Gasteiger partial charge is 0.160 e. The van der Waals surface area contributed by atoms with E-state index in [2.05, 4.69) is 11.4 Å². The highest BCUT2D eigenvalue weighted by Gasteiger charge is 2.03. The maximum atomic E-state index is 8.40. The van der Waals surface area contributed by atoms with Gasteiger partial charge in [-0.15, -0.1) is 0 Å². The van der Waals surface area contributed by atoms with Crippen molar-refractivity contribution in [3.05, 3.63) is 23.8 Å². The Morgan fingerprint density at radius 2 is 1.94 bits per heavy atom. The summed E-state index contributed by atoms with van der Waals surface area (Å²) in [4.78, 5) is 0. The second-order valence-electron chi connectivity index (χ2n) is 3.95. The van der Waals surface area contributed by atoms with Crippen LogP contribution >= 0.6 is 0 Å². The van der Waals surface area contributed by atoms with Gasteiger partial charge in [0.1, 0.15) is 0 Å². The molecule has 0 saturated carbocycles. The van der Waals surface area contributed by atoms with Crippen LogP contribution in [-0.4, -0.2) is 27.3 Å². The third kappa shape index (κ3) is 4.64. The minimum absolute atomic E-state index is 0.614. The number of rotatable bonds is 8. The zero-order chi connectivity index (χ0) is 13.2. The predicted octanol–water partition coefficient (Wildman–Crippen LogP) is 2.14. The number of unbranched alkanes of at least 4 members (excludes halogenated alkanes) is 1. The average molecular weight is 248 g/mol. The SMILES string of the molecule is COc1ccc(CCNCCCC#N)cc1OC. The second kappa shape index (κ2) is 8.37. The van der Waals surface area contributed by atoms with Gasteiger partial charge in [0.25, 0.3) is 0 Å². The molecule has 0 bridgehead atoms. The molecular formula is C14H20N2O2. The summed E-state index contributed by atoms with van der Waals surface area (Å²) in [5.74, 6) is 1.52. The van der Waals surface area contributed by atoms with Crippen LogP contribution in [0.1, 0.15) is 18.4 Å². The lowest BCUT2D eigenvalue weighted by Crippen LogP contribution is -2.18. The normalized spacial score (nSPS) is 9.83. The van der Waals surface area contributed by atoms with Crippen LogP contribution in [0, 0.1) is 11.3 Å². The van der Waals surface area contributed by atoms with E-state index in [-0.39, 0.29) is 0 Å². The molecule has 0 atom stereocenters. The topological polar surface area (TPSA) is 54.3 Å². The summed E-state index contributed by atoms with van der Waals surface area (Å²) < 4.78 is 10.4. The molecule has 0 radical (unpaired) electrons. The van der Waals surface area contributed by atoms with Gasteiger partial charge in [-0.25, -0.2) is 0 Å². The van der Waals surface area contributed by atoms with Gasteiger partial charge in [0.15, 0.2) is 11.5 Å². The molecule has 4 nitrogen and oxygen atoms in total. The first-order chi connectivity index (χ1) is 8.81. The summed E-state index contributed by atoms with van der Waals surface area (Å²) in [6.07, 6.45) is 2.46. The lowest BCUT2D eigenvalue weighted by atomic mass is 10.1. The van der Waals surface area contributed by atoms with Crippen molar-refractivity contribution in [1.29, 1.82) is 5.26 Å². The molecule has 1 aromatic rings. The van der Waals surface area contributed by atoms with Gasteiger partial charge in [-0.1, -0.05) is 6.07 Å². The number of hydrogen-bond donors (Lipinski definition) is 1. The maximum absolute atomic E-state index is 8.40. The van der Waals surface area contributed by atoms with Gasteiger partial charge >= 0.3 is 0 Å². The Hall–Kier alpha value is -1.73. The molecule has 0 aliphatic heterocycles. The quantitative estimate of drug-likeness (QED) is 0.716. The van der Waals surface area contributed by atoms with Crippen LogP contribution in [0.5, 0.6) is 11.5 Å². The van der Waals surface area contributed by atoms with Gasteiger partial charge in [0.2, 0.25) is 0 Å². The fraction of sp³-hybridized carbons (Fsp3) is 0.500. The van der Waals surface area contributed by atoms with E-state index in [1.54, 1.807) is 14.2 Å². The van der Waals surface area contributed by atoms with Crippen LogP contribution in [0.15, 0.2) is 18.2 Å². The number of hydrogen-bond acceptors (Lipinski definition) is 4. The van der Waals surface area contributed by atoms with E-state index in [0.29, 0.717) is 6.42 Å². The molecule has 1 rings (SSSR count). The Bertz CT molecular complexity index is 399. The molecule has 0 aliphatic carbocycles. The van der Waals surface area contributed by atoms with Gasteiger partial charge in [-0.05, 0) is 43.6 Å². The second-order valence-corrected chi connectivity index (χ2v) is 3.95. The molecule has 4 heteroatoms. The maximum Gasteiger partial charge on any atom is 0.160 e. The Morgan fingerprint density at radius 3 is 2.61 bits per heavy atom. The number of nitrogens with zero attached hydrogens (tertiary/aromatic N) is 1. The lowest BCUT2D eigenvalue weighted by Gasteiger charge is -2.09. The number of nitrogens with one attached hydrogen (secondary N) is 1. The number of nitriles is 1. The molecule has 0 heterocycles. The highest BCUT2D eigenvalue weighted by Crippen LogP contribution is 2.27. The third-order valence-corrected chi connectivity index (χ3v) is 2.68. The zero-order valence-corrected chi connectivity index (χ0v) is 11.0. The molecule has 0 unspecified atom stereocenters. The fourth-order valence-corrected chi connectivity index (χ4v) is 1.69. The summed E-state index contributed by atoms with van der Waals surface area (Å²) in [5.41, 5.74) is 1.21. The lowest BCUT2D eigenvalue weighted by molar-refractivity contribution is 0.354. The van der Waals surface area contributed by atoms with Crippen LogP contribution in [0.25, 0.3) is 0 Å². The van der Waals surface area contributed by atoms with Crippen molar-refractivity contribution in [3.63, 3.8) is 0 Å². The molecule has 1 aromatic carbocycles. The first-order valence-electron chi connectivity index (χ1n) is 6.10. The minimum Gasteiger partial charge on any atom is -0.493 e. The van der Waals surface area contributed by atoms with Crippen molar-refractivity contribution in [2.45, 2.75) is 19.3 Å². The molecule has 18 heavy (non-hydrogen) atoms. The molecule has 98 valence electrons. The number of benzene rings is 1. The van der Waals surface area contributed by atoms with Crippen LogP contribution in [0.4, 0.5) is 0 Å². The van der Waals surface area contributed by atoms with Crippen LogP contribution in [0.3, 0.4) is 0 Å². The Labute approximate surface area is 109 Å². The van der Waals surface area contributed by atoms with Crippen LogP contribution in [-0.2, 0) is 6.42 Å². The van der Waals surface area contributed by atoms with E-state index in [4.69, 9.17) is 14.7 Å². The van der Waals surface area contributed by atoms with E-state index in [1.807, 2.05) is 18.2 Å². The molecule has 0 aromatic heterocycles. The summed E-state index contributed by atoms with van der Waals surface area (Å²) in [7, 11) is 3.27. The van der Waals surface area contributed by atoms with Gasteiger partial charge in [-0.3, -0.25) is 0 Å². The van der Waals surface area contributed by atoms with Crippen LogP contribution < -0.4 is 14.8 Å². The Kier molecular flexibility index (Phi) is 6.67. The molecule has 0 saturated heterocycles. The monoisotopic (exact) mass is 248 g/mol. The van der Waals surface area contributed by atoms with E-state index >= 15 is 0 Å². The van der Waals surface area contributed by atoms with Gasteiger partial charge in [0, 0.05) is 6.42 Å². The highest BCUT2D eigenvalue weighted by molar-refractivity contribution is 5.42. The van der Waals surface area contributed by atoms with Crippen molar-refractivity contribution in [2.24, 2.45) is 0 Å². The molecule has 0 fully saturated rings. The standard InChI is InChI=1S/C14H20N2O2/c1-17-13-6-5-12(11-14(13)18-2)7-10-16-9-4-3-8-15/h5-6,11,16H,3-4,7,9-10H2,1-2H3. The predicted molar refractivity (Wildman–Crippen MR) is 71.0 cm³/mol. The largest absolute Gasteiger partial charge is 0.493 e. The van der Waals surface area contributed by atoms with Gasteiger partial charge in [-0.2, -0.15) is 5.26 Å². The summed E-state index contributed by atoms with van der Waals surface area (Å²) in [6, 6.07) is 8.09. The van der Waals surface area contributed by atoms with Crippen molar-refractivity contribution < 1.29 is 9.47 Å². The van der Waals surface area contributed by atoms with Crippen molar-refractivity contribution in [1.82, 2.24) is 5.32 Å². The van der Waals surface area contributed by atoms with Gasteiger partial charge in [0.05, 0.1) is 20.3 Å². The van der Waals surface area contributed by atoms with Crippen molar-refractivity contribution in [3.8, 4) is 17.6 Å². The average Bonchev–Trinajstić information content (AvgIpc) is 2.42. The first kappa shape index (κ1) is 14.3. The summed E-state index contributed by atoms with van der Waals surface area (Å²) in [6.45, 7) is 1.79. The van der Waals surface area contributed by atoms with E-state index < -0.39 is 0 Å². The van der Waals surface area contributed by atoms with Crippen molar-refractivity contribution >= 4 is 0 Å². The van der Waals surface area contributed by atoms with E-state index in [9.17, 15) is 0 Å². The highest BCUT2D eigenvalue weighted by atomic mass is 16.5. The summed E-state index contributed by atoms with van der Waals surface area (Å²) >= 11 is 0. The molecule has 0 amide bonds. The molecule has 0 spiro atoms. The first-order valence-corrected chi connectivity index (χ1v) is 6.10. The Balaban J connectivity index is 2.36. The van der Waals surface area contributed by atoms with E-state index in [1.165, 1.54) is 5.56 Å². The van der Waals surface area contributed by atoms with Crippen LogP contribution in [0.2, 0.25) is 0 Å². The van der Waals surface area contributed by atoms with Crippen molar-refractivity contribution in [2.75, 3.05) is 27.3 Å². The number of ether oxygens (including phenoxy) is 2. The third-order valence-electron chi connectivity index (χ3n) is 2.68. The summed E-state index contributed by atoms with van der Waals surface area (Å²) in [5, 5.41) is 11.7. The van der Waals surface area contributed by atoms with E-state index in [0.717, 1.165) is 37.4 Å².